The minimum Gasteiger partial charge on any atom is -0.332 e. The number of nitrogens with one attached hydrogen (secondary N) is 1. The largest absolute Gasteiger partial charge is 0.332 e. The van der Waals surface area contributed by atoms with Crippen molar-refractivity contribution in [2.45, 2.75) is 33.1 Å². The third kappa shape index (κ3) is 3.51. The minimum absolute atomic E-state index is 0.176. The maximum absolute atomic E-state index is 12.8. The lowest BCUT2D eigenvalue weighted by Gasteiger charge is -2.07. The number of halogens is 1. The number of imidazole rings is 1. The fraction of sp³-hybridized carbons (Fsp3) is 0.316. The number of unbranched alkanes of at least 4 members (excludes halogenated alkanes) is 1. The summed E-state index contributed by atoms with van der Waals surface area (Å²) in [4.78, 5) is 24.7. The number of hydrogen-bond donors (Lipinski definition) is 1. The molecule has 0 amide bonds. The van der Waals surface area contributed by atoms with E-state index in [4.69, 9.17) is 11.6 Å². The second-order valence-electron chi connectivity index (χ2n) is 6.15. The highest BCUT2D eigenvalue weighted by Crippen LogP contribution is 2.18. The van der Waals surface area contributed by atoms with E-state index in [0.717, 1.165) is 36.5 Å². The van der Waals surface area contributed by atoms with Crippen LogP contribution in [0.15, 0.2) is 40.1 Å². The number of H-pyrrole nitrogens is 1. The summed E-state index contributed by atoms with van der Waals surface area (Å²) < 4.78 is 3.39. The van der Waals surface area contributed by atoms with Crippen molar-refractivity contribution in [2.24, 2.45) is 12.0 Å². The minimum atomic E-state index is -0.176. The van der Waals surface area contributed by atoms with Gasteiger partial charge in [0.05, 0.1) is 17.6 Å². The Morgan fingerprint density at radius 2 is 2.04 bits per heavy atom. The summed E-state index contributed by atoms with van der Waals surface area (Å²) in [6.45, 7) is 4.00. The number of hydrogen-bond acceptors (Lipinski definition) is 3. The van der Waals surface area contributed by atoms with Crippen LogP contribution in [-0.2, 0) is 13.5 Å². The molecule has 136 valence electrons. The lowest BCUT2D eigenvalue weighted by Crippen LogP contribution is -2.19. The third-order valence-electron chi connectivity index (χ3n) is 4.34. The van der Waals surface area contributed by atoms with Crippen LogP contribution >= 0.6 is 11.6 Å². The molecule has 0 saturated carbocycles. The highest BCUT2D eigenvalue weighted by molar-refractivity contribution is 6.31. The molecule has 6 nitrogen and oxygen atoms in total. The number of aromatic amines is 1. The number of aliphatic imine (C=N–C) groups is 1. The summed E-state index contributed by atoms with van der Waals surface area (Å²) >= 11 is 6.20. The Hall–Kier alpha value is -2.60. The SMILES string of the molecule is CCCCc1nc(C=Nc2c(C)n(C)n(-c3ccccc3)c2=O)c(Cl)[nH]1. The zero-order chi connectivity index (χ0) is 18.7. The molecule has 0 radical (unpaired) electrons. The monoisotopic (exact) mass is 371 g/mol. The Morgan fingerprint density at radius 3 is 2.73 bits per heavy atom. The van der Waals surface area contributed by atoms with Crippen molar-refractivity contribution in [2.75, 3.05) is 0 Å². The summed E-state index contributed by atoms with van der Waals surface area (Å²) in [5.41, 5.74) is 2.32. The Labute approximate surface area is 157 Å². The van der Waals surface area contributed by atoms with Gasteiger partial charge in [0.1, 0.15) is 16.7 Å². The highest BCUT2D eigenvalue weighted by Gasteiger charge is 2.15. The number of nitrogens with zero attached hydrogens (tertiary/aromatic N) is 4. The molecule has 2 heterocycles. The molecule has 1 N–H and O–H groups in total. The van der Waals surface area contributed by atoms with Gasteiger partial charge in [0.2, 0.25) is 0 Å². The molecule has 3 aromatic rings. The van der Waals surface area contributed by atoms with Crippen LogP contribution < -0.4 is 5.56 Å². The fourth-order valence-corrected chi connectivity index (χ4v) is 2.99. The number of aryl methyl sites for hydroxylation is 1. The molecular weight excluding hydrogens is 350 g/mol. The van der Waals surface area contributed by atoms with Crippen LogP contribution in [0.4, 0.5) is 5.69 Å². The number of aromatic nitrogens is 4. The molecular formula is C19H22ClN5O. The fourth-order valence-electron chi connectivity index (χ4n) is 2.79. The van der Waals surface area contributed by atoms with E-state index in [-0.39, 0.29) is 5.56 Å². The maximum Gasteiger partial charge on any atom is 0.297 e. The van der Waals surface area contributed by atoms with Gasteiger partial charge in [-0.05, 0) is 25.5 Å². The number of para-hydroxylation sites is 1. The zero-order valence-electron chi connectivity index (χ0n) is 15.2. The molecule has 2 aromatic heterocycles. The normalized spacial score (nSPS) is 11.5. The molecule has 0 saturated heterocycles. The summed E-state index contributed by atoms with van der Waals surface area (Å²) in [5.74, 6) is 0.838. The molecule has 0 aliphatic rings. The molecule has 0 aliphatic carbocycles. The van der Waals surface area contributed by atoms with Gasteiger partial charge in [-0.1, -0.05) is 43.1 Å². The van der Waals surface area contributed by atoms with Crippen molar-refractivity contribution >= 4 is 23.5 Å². The van der Waals surface area contributed by atoms with Crippen molar-refractivity contribution in [3.8, 4) is 5.69 Å². The average Bonchev–Trinajstić information content (AvgIpc) is 3.10. The molecule has 0 fully saturated rings. The molecule has 7 heteroatoms. The van der Waals surface area contributed by atoms with E-state index in [9.17, 15) is 4.79 Å². The van der Waals surface area contributed by atoms with Gasteiger partial charge in [-0.3, -0.25) is 9.48 Å². The van der Waals surface area contributed by atoms with Crippen molar-refractivity contribution in [1.29, 1.82) is 0 Å². The van der Waals surface area contributed by atoms with Gasteiger partial charge >= 0.3 is 0 Å². The Balaban J connectivity index is 1.95. The van der Waals surface area contributed by atoms with E-state index in [2.05, 4.69) is 21.9 Å². The van der Waals surface area contributed by atoms with Gasteiger partial charge in [0.25, 0.3) is 5.56 Å². The van der Waals surface area contributed by atoms with Crippen LogP contribution in [-0.4, -0.2) is 25.5 Å². The Morgan fingerprint density at radius 1 is 1.31 bits per heavy atom. The summed E-state index contributed by atoms with van der Waals surface area (Å²) in [6.07, 6.45) is 4.52. The lowest BCUT2D eigenvalue weighted by molar-refractivity contribution is 0.630. The molecule has 0 atom stereocenters. The smallest absolute Gasteiger partial charge is 0.297 e. The van der Waals surface area contributed by atoms with E-state index in [1.165, 1.54) is 0 Å². The van der Waals surface area contributed by atoms with Gasteiger partial charge < -0.3 is 4.98 Å². The van der Waals surface area contributed by atoms with Crippen LogP contribution in [0.1, 0.15) is 37.0 Å². The van der Waals surface area contributed by atoms with E-state index < -0.39 is 0 Å². The van der Waals surface area contributed by atoms with Gasteiger partial charge in [-0.25, -0.2) is 14.7 Å². The van der Waals surface area contributed by atoms with Gasteiger partial charge in [-0.15, -0.1) is 0 Å². The van der Waals surface area contributed by atoms with Crippen LogP contribution in [0.5, 0.6) is 0 Å². The first-order chi connectivity index (χ1) is 12.5. The van der Waals surface area contributed by atoms with E-state index in [1.54, 1.807) is 15.6 Å². The van der Waals surface area contributed by atoms with Crippen LogP contribution in [0.25, 0.3) is 5.69 Å². The lowest BCUT2D eigenvalue weighted by atomic mass is 10.2. The zero-order valence-corrected chi connectivity index (χ0v) is 15.9. The topological polar surface area (TPSA) is 68.0 Å². The van der Waals surface area contributed by atoms with Crippen LogP contribution in [0.2, 0.25) is 5.15 Å². The van der Waals surface area contributed by atoms with Crippen molar-refractivity contribution in [3.63, 3.8) is 0 Å². The second kappa shape index (κ2) is 7.74. The molecule has 0 unspecified atom stereocenters. The number of benzene rings is 1. The molecule has 0 aliphatic heterocycles. The third-order valence-corrected chi connectivity index (χ3v) is 4.63. The van der Waals surface area contributed by atoms with Gasteiger partial charge in [0, 0.05) is 13.5 Å². The Bertz CT molecular complexity index is 982. The van der Waals surface area contributed by atoms with E-state index in [1.807, 2.05) is 44.3 Å². The van der Waals surface area contributed by atoms with Crippen LogP contribution in [0.3, 0.4) is 0 Å². The van der Waals surface area contributed by atoms with Gasteiger partial charge in [0.15, 0.2) is 5.69 Å². The first kappa shape index (κ1) is 18.2. The summed E-state index contributed by atoms with van der Waals surface area (Å²) in [5, 5.41) is 0.442. The second-order valence-corrected chi connectivity index (χ2v) is 6.53. The molecule has 26 heavy (non-hydrogen) atoms. The molecule has 3 rings (SSSR count). The van der Waals surface area contributed by atoms with Crippen molar-refractivity contribution in [1.82, 2.24) is 19.3 Å². The quantitative estimate of drug-likeness (QED) is 0.666. The van der Waals surface area contributed by atoms with Crippen molar-refractivity contribution < 1.29 is 0 Å². The van der Waals surface area contributed by atoms with Crippen LogP contribution in [0, 0.1) is 6.92 Å². The van der Waals surface area contributed by atoms with Crippen molar-refractivity contribution in [3.05, 3.63) is 63.1 Å². The first-order valence-electron chi connectivity index (χ1n) is 8.65. The first-order valence-corrected chi connectivity index (χ1v) is 9.03. The molecule has 0 spiro atoms. The van der Waals surface area contributed by atoms with E-state index >= 15 is 0 Å². The molecule has 0 bridgehead atoms. The summed E-state index contributed by atoms with van der Waals surface area (Å²) in [6, 6.07) is 9.49. The standard InChI is InChI=1S/C19H22ClN5O/c1-4-5-11-16-22-15(18(20)23-16)12-21-17-13(2)24(3)25(19(17)26)14-9-7-6-8-10-14/h6-10,12H,4-5,11H2,1-3H3,(H,22,23). The summed E-state index contributed by atoms with van der Waals surface area (Å²) in [7, 11) is 1.84. The Kier molecular flexibility index (Phi) is 5.42. The molecule has 1 aromatic carbocycles. The highest BCUT2D eigenvalue weighted by atomic mass is 35.5. The maximum atomic E-state index is 12.8. The number of rotatable bonds is 6. The van der Waals surface area contributed by atoms with Gasteiger partial charge in [-0.2, -0.15) is 0 Å². The predicted molar refractivity (Wildman–Crippen MR) is 105 cm³/mol. The average molecular weight is 372 g/mol. The van der Waals surface area contributed by atoms with E-state index in [0.29, 0.717) is 16.5 Å². The predicted octanol–water partition coefficient (Wildman–Crippen LogP) is 3.95.